The average Bonchev–Trinajstić information content (AvgIpc) is 3.17. The van der Waals surface area contributed by atoms with Crippen LogP contribution in [0.1, 0.15) is 35.6 Å². The number of hydrogen-bond acceptors (Lipinski definition) is 4. The molecule has 0 fully saturated rings. The number of aromatic nitrogens is 2. The molecule has 1 amide bonds. The van der Waals surface area contributed by atoms with Crippen molar-refractivity contribution in [3.63, 3.8) is 0 Å². The molecule has 0 aliphatic heterocycles. The lowest BCUT2D eigenvalue weighted by Crippen LogP contribution is -2.33. The third kappa shape index (κ3) is 3.01. The molecule has 0 aliphatic rings. The summed E-state index contributed by atoms with van der Waals surface area (Å²) >= 11 is 0. The Labute approximate surface area is 127 Å². The van der Waals surface area contributed by atoms with Crippen molar-refractivity contribution in [2.75, 3.05) is 0 Å². The number of imidazole rings is 1. The van der Waals surface area contributed by atoms with Gasteiger partial charge >= 0.3 is 0 Å². The Balaban J connectivity index is 1.63. The largest absolute Gasteiger partial charge is 0.467 e. The van der Waals surface area contributed by atoms with Crippen LogP contribution in [0.3, 0.4) is 0 Å². The van der Waals surface area contributed by atoms with E-state index in [4.69, 9.17) is 4.42 Å². The van der Waals surface area contributed by atoms with Gasteiger partial charge in [-0.15, -0.1) is 0 Å². The molecule has 3 heterocycles. The molecule has 2 atom stereocenters. The number of amides is 1. The summed E-state index contributed by atoms with van der Waals surface area (Å²) in [6.07, 6.45) is 6.45. The molecule has 0 aromatic carbocycles. The Morgan fingerprint density at radius 3 is 3.09 bits per heavy atom. The van der Waals surface area contributed by atoms with Gasteiger partial charge in [0.1, 0.15) is 17.5 Å². The van der Waals surface area contributed by atoms with Gasteiger partial charge in [0.25, 0.3) is 5.91 Å². The van der Waals surface area contributed by atoms with Crippen LogP contribution in [0.25, 0.3) is 5.65 Å². The van der Waals surface area contributed by atoms with Crippen LogP contribution in [0.4, 0.5) is 0 Å². The van der Waals surface area contributed by atoms with Gasteiger partial charge in [0.15, 0.2) is 0 Å². The van der Waals surface area contributed by atoms with Crippen molar-refractivity contribution in [3.8, 4) is 0 Å². The van der Waals surface area contributed by atoms with Crippen molar-refractivity contribution in [2.45, 2.75) is 25.5 Å². The number of pyridine rings is 1. The Morgan fingerprint density at radius 1 is 1.45 bits per heavy atom. The monoisotopic (exact) mass is 299 g/mol. The molecule has 114 valence electrons. The van der Waals surface area contributed by atoms with Gasteiger partial charge in [0.2, 0.25) is 0 Å². The molecule has 6 heteroatoms. The molecule has 3 rings (SSSR count). The molecule has 0 saturated carbocycles. The van der Waals surface area contributed by atoms with Crippen molar-refractivity contribution in [3.05, 3.63) is 60.4 Å². The summed E-state index contributed by atoms with van der Waals surface area (Å²) in [5, 5.41) is 12.9. The number of fused-ring (bicyclic) bond motifs is 1. The smallest absolute Gasteiger partial charge is 0.251 e. The molecular weight excluding hydrogens is 282 g/mol. The van der Waals surface area contributed by atoms with Crippen molar-refractivity contribution < 1.29 is 14.3 Å². The molecule has 3 aromatic heterocycles. The molecule has 2 N–H and O–H groups in total. The number of aliphatic hydroxyl groups excluding tert-OH is 1. The first kappa shape index (κ1) is 14.3. The number of rotatable bonds is 5. The molecule has 0 saturated heterocycles. The minimum absolute atomic E-state index is 0.190. The van der Waals surface area contributed by atoms with E-state index in [1.165, 1.54) is 6.26 Å². The van der Waals surface area contributed by atoms with E-state index in [2.05, 4.69) is 10.3 Å². The summed E-state index contributed by atoms with van der Waals surface area (Å²) in [5.74, 6) is 0.310. The molecule has 0 radical (unpaired) electrons. The lowest BCUT2D eigenvalue weighted by molar-refractivity contribution is 0.0903. The Bertz CT molecular complexity index is 764. The molecule has 0 unspecified atom stereocenters. The average molecular weight is 299 g/mol. The van der Waals surface area contributed by atoms with Crippen LogP contribution < -0.4 is 5.32 Å². The zero-order chi connectivity index (χ0) is 15.5. The Kier molecular flexibility index (Phi) is 3.93. The van der Waals surface area contributed by atoms with Gasteiger partial charge in [-0.05, 0) is 31.2 Å². The highest BCUT2D eigenvalue weighted by Crippen LogP contribution is 2.18. The van der Waals surface area contributed by atoms with Crippen molar-refractivity contribution in [1.29, 1.82) is 0 Å². The number of carbonyl (C=O) groups excluding carboxylic acids is 1. The third-order valence-corrected chi connectivity index (χ3v) is 3.49. The fraction of sp³-hybridized carbons (Fsp3) is 0.250. The van der Waals surface area contributed by atoms with Crippen LogP contribution in [0, 0.1) is 0 Å². The summed E-state index contributed by atoms with van der Waals surface area (Å²) in [4.78, 5) is 16.4. The van der Waals surface area contributed by atoms with Crippen LogP contribution in [0.15, 0.2) is 53.5 Å². The second-order valence-electron chi connectivity index (χ2n) is 5.25. The van der Waals surface area contributed by atoms with Crippen molar-refractivity contribution in [1.82, 2.24) is 14.7 Å². The van der Waals surface area contributed by atoms with E-state index in [0.717, 1.165) is 5.65 Å². The normalized spacial score (nSPS) is 13.9. The summed E-state index contributed by atoms with van der Waals surface area (Å²) in [5.41, 5.74) is 1.26. The van der Waals surface area contributed by atoms with E-state index in [9.17, 15) is 9.90 Å². The predicted octanol–water partition coefficient (Wildman–Crippen LogP) is 2.17. The molecule has 22 heavy (non-hydrogen) atoms. The summed E-state index contributed by atoms with van der Waals surface area (Å²) in [6.45, 7) is 1.85. The highest BCUT2D eigenvalue weighted by Gasteiger charge is 2.17. The lowest BCUT2D eigenvalue weighted by Gasteiger charge is -2.16. The van der Waals surface area contributed by atoms with E-state index in [1.54, 1.807) is 36.7 Å². The van der Waals surface area contributed by atoms with Crippen LogP contribution in [-0.2, 0) is 0 Å². The van der Waals surface area contributed by atoms with E-state index in [1.807, 2.05) is 17.5 Å². The van der Waals surface area contributed by atoms with E-state index >= 15 is 0 Å². The summed E-state index contributed by atoms with van der Waals surface area (Å²) in [7, 11) is 0. The number of nitrogens with zero attached hydrogens (tertiary/aromatic N) is 2. The van der Waals surface area contributed by atoms with Crippen molar-refractivity contribution in [2.24, 2.45) is 0 Å². The molecule has 6 nitrogen and oxygen atoms in total. The molecule has 0 bridgehead atoms. The van der Waals surface area contributed by atoms with Crippen molar-refractivity contribution >= 4 is 11.6 Å². The van der Waals surface area contributed by atoms with Gasteiger partial charge in [0.05, 0.1) is 6.26 Å². The highest BCUT2D eigenvalue weighted by molar-refractivity contribution is 5.95. The maximum absolute atomic E-state index is 12.2. The topological polar surface area (TPSA) is 79.8 Å². The van der Waals surface area contributed by atoms with Gasteiger partial charge in [0, 0.05) is 36.6 Å². The van der Waals surface area contributed by atoms with E-state index in [0.29, 0.717) is 17.7 Å². The van der Waals surface area contributed by atoms with Gasteiger partial charge in [-0.2, -0.15) is 0 Å². The van der Waals surface area contributed by atoms with Crippen LogP contribution in [0.5, 0.6) is 0 Å². The Morgan fingerprint density at radius 2 is 2.32 bits per heavy atom. The second-order valence-corrected chi connectivity index (χ2v) is 5.25. The summed E-state index contributed by atoms with van der Waals surface area (Å²) < 4.78 is 6.99. The fourth-order valence-corrected chi connectivity index (χ4v) is 2.35. The number of carbonyl (C=O) groups is 1. The maximum atomic E-state index is 12.2. The van der Waals surface area contributed by atoms with Gasteiger partial charge in [-0.3, -0.25) is 4.79 Å². The first-order chi connectivity index (χ1) is 10.6. The third-order valence-electron chi connectivity index (χ3n) is 3.49. The second kappa shape index (κ2) is 6.03. The maximum Gasteiger partial charge on any atom is 0.251 e. The predicted molar refractivity (Wildman–Crippen MR) is 80.4 cm³/mol. The summed E-state index contributed by atoms with van der Waals surface area (Å²) in [6, 6.07) is 6.71. The minimum atomic E-state index is -0.736. The van der Waals surface area contributed by atoms with Crippen LogP contribution in [-0.4, -0.2) is 26.4 Å². The van der Waals surface area contributed by atoms with Crippen LogP contribution in [0.2, 0.25) is 0 Å². The fourth-order valence-electron chi connectivity index (χ4n) is 2.35. The number of hydrogen-bond donors (Lipinski definition) is 2. The first-order valence-corrected chi connectivity index (χ1v) is 7.08. The van der Waals surface area contributed by atoms with Crippen LogP contribution >= 0.6 is 0 Å². The van der Waals surface area contributed by atoms with E-state index < -0.39 is 6.10 Å². The quantitative estimate of drug-likeness (QED) is 0.756. The molecule has 3 aromatic rings. The zero-order valence-corrected chi connectivity index (χ0v) is 12.1. The number of aliphatic hydroxyl groups is 1. The molecular formula is C16H17N3O3. The lowest BCUT2D eigenvalue weighted by atomic mass is 10.1. The first-order valence-electron chi connectivity index (χ1n) is 7.08. The van der Waals surface area contributed by atoms with Gasteiger partial charge in [-0.25, -0.2) is 4.98 Å². The van der Waals surface area contributed by atoms with Gasteiger partial charge in [-0.1, -0.05) is 0 Å². The van der Waals surface area contributed by atoms with Gasteiger partial charge < -0.3 is 19.2 Å². The number of nitrogens with one attached hydrogen (secondary N) is 1. The SMILES string of the molecule is C[C@H](C[C@@H](O)c1ccco1)NC(=O)c1ccn2ccnc2c1. The minimum Gasteiger partial charge on any atom is -0.467 e. The number of furan rings is 1. The molecule has 0 aliphatic carbocycles. The molecule has 0 spiro atoms. The standard InChI is InChI=1S/C16H17N3O3/c1-11(9-13(20)14-3-2-8-22-14)18-16(21)12-4-6-19-7-5-17-15(19)10-12/h2-8,10-11,13,20H,9H2,1H3,(H,18,21)/t11-,13-/m1/s1. The van der Waals surface area contributed by atoms with E-state index in [-0.39, 0.29) is 11.9 Å². The highest BCUT2D eigenvalue weighted by atomic mass is 16.4. The Hall–Kier alpha value is -2.60. The zero-order valence-electron chi connectivity index (χ0n) is 12.1.